The summed E-state index contributed by atoms with van der Waals surface area (Å²) in [6, 6.07) is 3.97. The Balaban J connectivity index is 1.52. The molecule has 1 aliphatic carbocycles. The number of nitrogens with zero attached hydrogens (tertiary/aromatic N) is 4. The van der Waals surface area contributed by atoms with Crippen LogP contribution in [-0.4, -0.2) is 83.8 Å². The average molecular weight is 645 g/mol. The molecule has 1 saturated carbocycles. The molecule has 2 fully saturated rings. The van der Waals surface area contributed by atoms with Crippen molar-refractivity contribution in [3.63, 3.8) is 0 Å². The summed E-state index contributed by atoms with van der Waals surface area (Å²) in [5.74, 6) is -7.38. The fourth-order valence-electron chi connectivity index (χ4n) is 5.76. The maximum atomic E-state index is 14.2. The van der Waals surface area contributed by atoms with Gasteiger partial charge in [0.05, 0.1) is 29.3 Å². The highest BCUT2D eigenvalue weighted by molar-refractivity contribution is 8.00. The van der Waals surface area contributed by atoms with Gasteiger partial charge in [0.25, 0.3) is 0 Å². The summed E-state index contributed by atoms with van der Waals surface area (Å²) >= 11 is 1.09. The molecule has 0 spiro atoms. The molecule has 1 aliphatic heterocycles. The van der Waals surface area contributed by atoms with Crippen molar-refractivity contribution in [1.82, 2.24) is 20.0 Å². The maximum absolute atomic E-state index is 14.2. The molecule has 2 aromatic heterocycles. The Kier molecular flexibility index (Phi) is 9.64. The molecule has 0 radical (unpaired) electrons. The van der Waals surface area contributed by atoms with Gasteiger partial charge in [-0.2, -0.15) is 0 Å². The van der Waals surface area contributed by atoms with Crippen molar-refractivity contribution < 1.29 is 46.7 Å². The van der Waals surface area contributed by atoms with Crippen molar-refractivity contribution >= 4 is 11.8 Å². The van der Waals surface area contributed by atoms with Gasteiger partial charge in [-0.3, -0.25) is 4.98 Å². The van der Waals surface area contributed by atoms with E-state index in [9.17, 15) is 37.3 Å². The van der Waals surface area contributed by atoms with Crippen molar-refractivity contribution in [2.75, 3.05) is 13.2 Å². The van der Waals surface area contributed by atoms with E-state index in [0.29, 0.717) is 5.69 Å². The van der Waals surface area contributed by atoms with Crippen LogP contribution >= 0.6 is 11.8 Å². The van der Waals surface area contributed by atoms with Crippen molar-refractivity contribution in [3.05, 3.63) is 65.4 Å². The first kappa shape index (κ1) is 32.7. The average Bonchev–Trinajstić information content (AvgIpc) is 3.47. The van der Waals surface area contributed by atoms with Gasteiger partial charge in [-0.1, -0.05) is 11.3 Å². The lowest BCUT2D eigenvalue weighted by molar-refractivity contribution is -0.192. The predicted molar refractivity (Wildman–Crippen MR) is 149 cm³/mol. The minimum atomic E-state index is -2.91. The molecule has 240 valence electrons. The molecule has 0 amide bonds. The van der Waals surface area contributed by atoms with Crippen molar-refractivity contribution in [3.8, 4) is 11.3 Å². The monoisotopic (exact) mass is 644 g/mol. The molecule has 0 unspecified atom stereocenters. The number of rotatable bonds is 9. The van der Waals surface area contributed by atoms with Crippen LogP contribution in [0.4, 0.5) is 22.0 Å². The van der Waals surface area contributed by atoms with Gasteiger partial charge in [0.1, 0.15) is 35.5 Å². The Hall–Kier alpha value is -2.69. The van der Waals surface area contributed by atoms with Crippen LogP contribution < -0.4 is 0 Å². The van der Waals surface area contributed by atoms with Crippen LogP contribution in [0.3, 0.4) is 0 Å². The lowest BCUT2D eigenvalue weighted by Gasteiger charge is -2.47. The predicted octanol–water partition coefficient (Wildman–Crippen LogP) is 4.51. The molecule has 5 rings (SSSR count). The first-order chi connectivity index (χ1) is 20.9. The van der Waals surface area contributed by atoms with Crippen LogP contribution in [0.2, 0.25) is 0 Å². The highest BCUT2D eigenvalue weighted by atomic mass is 32.2. The van der Waals surface area contributed by atoms with E-state index in [4.69, 9.17) is 9.47 Å². The molecule has 6 atom stereocenters. The second kappa shape index (κ2) is 13.0. The normalized spacial score (nSPS) is 27.3. The highest BCUT2D eigenvalue weighted by Crippen LogP contribution is 2.53. The summed E-state index contributed by atoms with van der Waals surface area (Å²) in [4.78, 5) is 4.48. The largest absolute Gasteiger partial charge is 0.394 e. The minimum absolute atomic E-state index is 0.0269. The van der Waals surface area contributed by atoms with Crippen molar-refractivity contribution in [2.24, 2.45) is 0 Å². The quantitative estimate of drug-likeness (QED) is 0.228. The number of aromatic nitrogens is 4. The van der Waals surface area contributed by atoms with Gasteiger partial charge in [-0.25, -0.2) is 26.6 Å². The third-order valence-corrected chi connectivity index (χ3v) is 9.76. The first-order valence-electron chi connectivity index (χ1n) is 14.2. The van der Waals surface area contributed by atoms with E-state index in [1.54, 1.807) is 32.2 Å². The van der Waals surface area contributed by atoms with Crippen LogP contribution in [0.25, 0.3) is 11.3 Å². The Labute approximate surface area is 254 Å². The molecule has 1 saturated heterocycles. The van der Waals surface area contributed by atoms with Gasteiger partial charge in [0, 0.05) is 31.2 Å². The molecular weight excluding hydrogens is 611 g/mol. The van der Waals surface area contributed by atoms with Crippen LogP contribution in [0.15, 0.2) is 36.7 Å². The number of thioether (sulfide) groups is 1. The summed E-state index contributed by atoms with van der Waals surface area (Å²) in [7, 11) is 0. The Bertz CT molecular complexity index is 1430. The fraction of sp³-hybridized carbons (Fsp3) is 0.552. The van der Waals surface area contributed by atoms with E-state index in [1.165, 1.54) is 10.9 Å². The number of aryl methyl sites for hydroxylation is 1. The zero-order valence-electron chi connectivity index (χ0n) is 23.9. The Morgan fingerprint density at radius 3 is 2.45 bits per heavy atom. The van der Waals surface area contributed by atoms with Crippen LogP contribution in [-0.2, 0) is 9.47 Å². The van der Waals surface area contributed by atoms with E-state index >= 15 is 0 Å². The second-order valence-electron chi connectivity index (χ2n) is 11.1. The van der Waals surface area contributed by atoms with Gasteiger partial charge in [0.15, 0.2) is 17.5 Å². The summed E-state index contributed by atoms with van der Waals surface area (Å²) in [5.41, 5.74) is -1.53. The summed E-state index contributed by atoms with van der Waals surface area (Å²) in [6.07, 6.45) is -2.17. The maximum Gasteiger partial charge on any atom is 0.248 e. The number of ether oxygens (including phenoxy) is 2. The van der Waals surface area contributed by atoms with Gasteiger partial charge in [-0.05, 0) is 50.5 Å². The zero-order chi connectivity index (χ0) is 31.8. The van der Waals surface area contributed by atoms with Gasteiger partial charge in [-0.15, -0.1) is 16.9 Å². The number of pyridine rings is 1. The fourth-order valence-corrected chi connectivity index (χ4v) is 7.50. The lowest BCUT2D eigenvalue weighted by atomic mass is 9.79. The number of halogens is 5. The molecule has 1 aromatic carbocycles. The van der Waals surface area contributed by atoms with Crippen molar-refractivity contribution in [2.45, 2.75) is 86.1 Å². The SMILES string of the molecule is CCO[C@@H]1[C@@H](n2cc(-c3cc(F)c(F)c(F)c3)nn2)[C@@H](O)[C@@H](CO)O[C@H]1S[C@H](c1ncccc1C)C1(O)CCC(F)(F)CC1. The van der Waals surface area contributed by atoms with E-state index in [1.807, 2.05) is 0 Å². The van der Waals surface area contributed by atoms with Crippen LogP contribution in [0, 0.1) is 24.4 Å². The molecule has 9 nitrogen and oxygen atoms in total. The van der Waals surface area contributed by atoms with Crippen LogP contribution in [0.1, 0.15) is 55.2 Å². The van der Waals surface area contributed by atoms with E-state index < -0.39 is 83.5 Å². The molecule has 0 bridgehead atoms. The summed E-state index contributed by atoms with van der Waals surface area (Å²) in [5, 5.41) is 40.4. The zero-order valence-corrected chi connectivity index (χ0v) is 24.7. The topological polar surface area (TPSA) is 123 Å². The third kappa shape index (κ3) is 6.49. The van der Waals surface area contributed by atoms with E-state index in [-0.39, 0.29) is 30.7 Å². The molecule has 3 heterocycles. The van der Waals surface area contributed by atoms with Gasteiger partial charge < -0.3 is 24.8 Å². The standard InChI is InChI=1S/C29H33F5N4O5S/c1-3-42-25-23(38-13-19(36-37-38)16-11-17(30)21(32)18(31)12-16)24(40)20(14-39)43-27(25)44-26(22-15(2)5-4-10-35-22)28(41)6-8-29(33,34)9-7-28/h4-5,10-13,20,23-27,39-41H,3,6-9,14H2,1-2H3/t20-,23+,24+,25-,26-,27+/m1/s1. The molecule has 3 N–H and O–H groups in total. The lowest BCUT2D eigenvalue weighted by Crippen LogP contribution is -2.56. The van der Waals surface area contributed by atoms with Crippen molar-refractivity contribution in [1.29, 1.82) is 0 Å². The molecular formula is C29H33F5N4O5S. The van der Waals surface area contributed by atoms with E-state index in [2.05, 4.69) is 15.3 Å². The molecule has 3 aromatic rings. The Morgan fingerprint density at radius 2 is 1.84 bits per heavy atom. The number of benzene rings is 1. The molecule has 44 heavy (non-hydrogen) atoms. The number of aliphatic hydroxyl groups is 3. The smallest absolute Gasteiger partial charge is 0.248 e. The van der Waals surface area contributed by atoms with Gasteiger partial charge in [0.2, 0.25) is 5.92 Å². The van der Waals surface area contributed by atoms with E-state index in [0.717, 1.165) is 29.5 Å². The first-order valence-corrected chi connectivity index (χ1v) is 15.1. The highest BCUT2D eigenvalue weighted by Gasteiger charge is 2.53. The molecule has 15 heteroatoms. The minimum Gasteiger partial charge on any atom is -0.394 e. The number of aliphatic hydroxyl groups excluding tert-OH is 2. The Morgan fingerprint density at radius 1 is 1.16 bits per heavy atom. The number of alkyl halides is 2. The summed E-state index contributed by atoms with van der Waals surface area (Å²) < 4.78 is 83.1. The second-order valence-corrected chi connectivity index (χ2v) is 12.4. The van der Waals surface area contributed by atoms with Crippen LogP contribution in [0.5, 0.6) is 0 Å². The van der Waals surface area contributed by atoms with Gasteiger partial charge >= 0.3 is 0 Å². The number of hydrogen-bond acceptors (Lipinski definition) is 9. The number of hydrogen-bond donors (Lipinski definition) is 3. The summed E-state index contributed by atoms with van der Waals surface area (Å²) in [6.45, 7) is 3.02. The molecule has 2 aliphatic rings. The third-order valence-electron chi connectivity index (χ3n) is 8.18.